The van der Waals surface area contributed by atoms with Crippen LogP contribution in [0.5, 0.6) is 0 Å². The predicted molar refractivity (Wildman–Crippen MR) is 85.0 cm³/mol. The molecule has 1 amide bonds. The van der Waals surface area contributed by atoms with Crippen LogP contribution in [-0.2, 0) is 16.0 Å². The van der Waals surface area contributed by atoms with Crippen LogP contribution in [0.4, 0.5) is 5.69 Å². The van der Waals surface area contributed by atoms with Gasteiger partial charge in [0.05, 0.1) is 42.8 Å². The Morgan fingerprint density at radius 3 is 2.42 bits per heavy atom. The lowest BCUT2D eigenvalue weighted by atomic mass is 10.1. The number of carbonyl (C=O) groups excluding carboxylic acids is 3. The summed E-state index contributed by atoms with van der Waals surface area (Å²) in [6.45, 7) is 2.52. The van der Waals surface area contributed by atoms with Crippen LogP contribution in [0.2, 0.25) is 0 Å². The monoisotopic (exact) mass is 331 g/mol. The molecule has 0 saturated carbocycles. The van der Waals surface area contributed by atoms with Crippen molar-refractivity contribution in [2.45, 2.75) is 13.5 Å². The Balaban J connectivity index is 2.36. The van der Waals surface area contributed by atoms with Crippen LogP contribution in [0, 0.1) is 0 Å². The Morgan fingerprint density at radius 2 is 1.83 bits per heavy atom. The van der Waals surface area contributed by atoms with E-state index in [0.717, 1.165) is 0 Å². The van der Waals surface area contributed by atoms with Gasteiger partial charge in [0.1, 0.15) is 0 Å². The van der Waals surface area contributed by atoms with Crippen molar-refractivity contribution in [1.29, 1.82) is 0 Å². The van der Waals surface area contributed by atoms with Crippen LogP contribution >= 0.6 is 0 Å². The summed E-state index contributed by atoms with van der Waals surface area (Å²) in [6, 6.07) is 4.17. The number of methoxy groups -OCH3 is 2. The highest BCUT2D eigenvalue weighted by molar-refractivity contribution is 6.08. The Hall–Kier alpha value is -3.16. The minimum absolute atomic E-state index is 0.126. The fraction of sp³-hybridized carbons (Fsp3) is 0.250. The van der Waals surface area contributed by atoms with Crippen molar-refractivity contribution in [3.05, 3.63) is 47.3 Å². The number of aryl methyl sites for hydroxylation is 1. The number of hydrogen-bond donors (Lipinski definition) is 1. The van der Waals surface area contributed by atoms with Gasteiger partial charge in [0.2, 0.25) is 0 Å². The largest absolute Gasteiger partial charge is 0.465 e. The quantitative estimate of drug-likeness (QED) is 0.838. The van der Waals surface area contributed by atoms with E-state index in [2.05, 4.69) is 19.9 Å². The van der Waals surface area contributed by atoms with Crippen LogP contribution in [-0.4, -0.2) is 41.8 Å². The van der Waals surface area contributed by atoms with Crippen LogP contribution < -0.4 is 5.32 Å². The van der Waals surface area contributed by atoms with Gasteiger partial charge in [-0.25, -0.2) is 9.59 Å². The van der Waals surface area contributed by atoms with Crippen molar-refractivity contribution in [1.82, 2.24) is 9.78 Å². The fourth-order valence-electron chi connectivity index (χ4n) is 2.03. The van der Waals surface area contributed by atoms with Gasteiger partial charge in [0.15, 0.2) is 0 Å². The zero-order chi connectivity index (χ0) is 17.7. The van der Waals surface area contributed by atoms with Gasteiger partial charge in [0.25, 0.3) is 5.91 Å². The molecule has 8 nitrogen and oxygen atoms in total. The first-order chi connectivity index (χ1) is 11.5. The average Bonchev–Trinajstić information content (AvgIpc) is 3.09. The molecule has 1 heterocycles. The first kappa shape index (κ1) is 17.2. The number of nitrogens with zero attached hydrogens (tertiary/aromatic N) is 2. The predicted octanol–water partition coefficient (Wildman–Crippen LogP) is 1.73. The van der Waals surface area contributed by atoms with E-state index in [-0.39, 0.29) is 16.8 Å². The van der Waals surface area contributed by atoms with E-state index in [4.69, 9.17) is 0 Å². The number of carbonyl (C=O) groups is 3. The highest BCUT2D eigenvalue weighted by atomic mass is 16.5. The number of amides is 1. The van der Waals surface area contributed by atoms with Crippen molar-refractivity contribution < 1.29 is 23.9 Å². The van der Waals surface area contributed by atoms with E-state index in [1.165, 1.54) is 38.6 Å². The maximum absolute atomic E-state index is 12.3. The molecular formula is C16H17N3O5. The smallest absolute Gasteiger partial charge is 0.339 e. The number of ether oxygens (including phenoxy) is 2. The van der Waals surface area contributed by atoms with Crippen LogP contribution in [0.25, 0.3) is 0 Å². The number of rotatable bonds is 5. The molecule has 0 aliphatic rings. The molecule has 0 spiro atoms. The van der Waals surface area contributed by atoms with Crippen molar-refractivity contribution in [3.63, 3.8) is 0 Å². The van der Waals surface area contributed by atoms with E-state index < -0.39 is 17.8 Å². The number of nitrogens with one attached hydrogen (secondary N) is 1. The molecule has 126 valence electrons. The highest BCUT2D eigenvalue weighted by Gasteiger charge is 2.18. The van der Waals surface area contributed by atoms with E-state index in [9.17, 15) is 14.4 Å². The SMILES string of the molecule is CCn1cc(C(=O)Nc2cc(C(=O)OC)ccc2C(=O)OC)cn1. The third-order valence-electron chi connectivity index (χ3n) is 3.31. The summed E-state index contributed by atoms with van der Waals surface area (Å²) in [5, 5.41) is 6.62. The number of hydrogen-bond acceptors (Lipinski definition) is 6. The summed E-state index contributed by atoms with van der Waals surface area (Å²) in [7, 11) is 2.47. The Morgan fingerprint density at radius 1 is 1.12 bits per heavy atom. The molecule has 0 bridgehead atoms. The number of esters is 2. The molecule has 0 aliphatic heterocycles. The molecule has 0 saturated heterocycles. The Kier molecular flexibility index (Phi) is 5.31. The average molecular weight is 331 g/mol. The zero-order valence-electron chi connectivity index (χ0n) is 13.5. The van der Waals surface area contributed by atoms with E-state index in [1.54, 1.807) is 10.9 Å². The fourth-order valence-corrected chi connectivity index (χ4v) is 2.03. The number of benzene rings is 1. The normalized spacial score (nSPS) is 10.1. The highest BCUT2D eigenvalue weighted by Crippen LogP contribution is 2.20. The van der Waals surface area contributed by atoms with Gasteiger partial charge in [-0.15, -0.1) is 0 Å². The number of anilines is 1. The topological polar surface area (TPSA) is 99.5 Å². The molecule has 0 radical (unpaired) electrons. The number of aromatic nitrogens is 2. The third kappa shape index (κ3) is 3.60. The zero-order valence-corrected chi connectivity index (χ0v) is 13.5. The summed E-state index contributed by atoms with van der Waals surface area (Å²) in [5.74, 6) is -1.67. The maximum Gasteiger partial charge on any atom is 0.339 e. The van der Waals surface area contributed by atoms with Crippen molar-refractivity contribution in [2.24, 2.45) is 0 Å². The summed E-state index contributed by atoms with van der Waals surface area (Å²) in [6.07, 6.45) is 3.00. The lowest BCUT2D eigenvalue weighted by Gasteiger charge is -2.10. The summed E-state index contributed by atoms with van der Waals surface area (Å²) in [5.41, 5.74) is 0.807. The molecule has 0 unspecified atom stereocenters. The van der Waals surface area contributed by atoms with Crippen molar-refractivity contribution in [2.75, 3.05) is 19.5 Å². The molecule has 0 fully saturated rings. The van der Waals surface area contributed by atoms with E-state index >= 15 is 0 Å². The van der Waals surface area contributed by atoms with Crippen LogP contribution in [0.1, 0.15) is 38.0 Å². The van der Waals surface area contributed by atoms with Crippen LogP contribution in [0.3, 0.4) is 0 Å². The molecule has 1 N–H and O–H groups in total. The summed E-state index contributed by atoms with van der Waals surface area (Å²) < 4.78 is 10.9. The summed E-state index contributed by atoms with van der Waals surface area (Å²) >= 11 is 0. The molecule has 8 heteroatoms. The van der Waals surface area contributed by atoms with Gasteiger partial charge in [-0.1, -0.05) is 0 Å². The molecule has 24 heavy (non-hydrogen) atoms. The van der Waals surface area contributed by atoms with Gasteiger partial charge in [-0.2, -0.15) is 5.10 Å². The lowest BCUT2D eigenvalue weighted by molar-refractivity contribution is 0.0587. The van der Waals surface area contributed by atoms with Gasteiger partial charge in [0, 0.05) is 12.7 Å². The van der Waals surface area contributed by atoms with Crippen LogP contribution in [0.15, 0.2) is 30.6 Å². The van der Waals surface area contributed by atoms with Gasteiger partial charge in [-0.05, 0) is 25.1 Å². The van der Waals surface area contributed by atoms with E-state index in [1.807, 2.05) is 6.92 Å². The second-order valence-electron chi connectivity index (χ2n) is 4.78. The van der Waals surface area contributed by atoms with Crippen molar-refractivity contribution in [3.8, 4) is 0 Å². The Labute approximate surface area is 138 Å². The molecule has 1 aromatic heterocycles. The van der Waals surface area contributed by atoms with Gasteiger partial charge >= 0.3 is 11.9 Å². The second-order valence-corrected chi connectivity index (χ2v) is 4.78. The van der Waals surface area contributed by atoms with E-state index in [0.29, 0.717) is 12.1 Å². The minimum atomic E-state index is -0.633. The van der Waals surface area contributed by atoms with Gasteiger partial charge < -0.3 is 14.8 Å². The molecular weight excluding hydrogens is 314 g/mol. The molecule has 0 aliphatic carbocycles. The molecule has 1 aromatic carbocycles. The molecule has 2 aromatic rings. The standard InChI is InChI=1S/C16H17N3O5/c1-4-19-9-11(8-17-19)14(20)18-13-7-10(15(21)23-2)5-6-12(13)16(22)24-3/h5-9H,4H2,1-3H3,(H,18,20). The third-order valence-corrected chi connectivity index (χ3v) is 3.31. The van der Waals surface area contributed by atoms with Gasteiger partial charge in [-0.3, -0.25) is 9.48 Å². The first-order valence-electron chi connectivity index (χ1n) is 7.14. The minimum Gasteiger partial charge on any atom is -0.465 e. The Bertz CT molecular complexity index is 782. The second kappa shape index (κ2) is 7.40. The first-order valence-corrected chi connectivity index (χ1v) is 7.14. The lowest BCUT2D eigenvalue weighted by Crippen LogP contribution is -2.16. The maximum atomic E-state index is 12.3. The molecule has 2 rings (SSSR count). The van der Waals surface area contributed by atoms with Crippen molar-refractivity contribution >= 4 is 23.5 Å². The molecule has 0 atom stereocenters. The summed E-state index contributed by atoms with van der Waals surface area (Å²) in [4.78, 5) is 35.8.